The number of aromatic hydroxyl groups is 2. The van der Waals surface area contributed by atoms with Gasteiger partial charge in [0.25, 0.3) is 5.76 Å². The van der Waals surface area contributed by atoms with E-state index in [4.69, 9.17) is 9.15 Å². The van der Waals surface area contributed by atoms with E-state index in [0.717, 1.165) is 6.07 Å². The second-order valence-electron chi connectivity index (χ2n) is 5.08. The molecule has 26 heavy (non-hydrogen) atoms. The van der Waals surface area contributed by atoms with Crippen molar-refractivity contribution >= 4 is 42.8 Å². The van der Waals surface area contributed by atoms with Crippen molar-refractivity contribution in [1.82, 2.24) is 0 Å². The molecule has 0 atom stereocenters. The summed E-state index contributed by atoms with van der Waals surface area (Å²) in [5, 5.41) is 19.1. The average Bonchev–Trinajstić information content (AvgIpc) is 2.56. The van der Waals surface area contributed by atoms with E-state index in [1.165, 1.54) is 24.3 Å². The molecule has 0 fully saturated rings. The monoisotopic (exact) mass is 494 g/mol. The van der Waals surface area contributed by atoms with E-state index in [9.17, 15) is 28.2 Å². The first kappa shape index (κ1) is 18.6. The number of hydrogen-bond donors (Lipinski definition) is 2. The highest BCUT2D eigenvalue weighted by Crippen LogP contribution is 2.44. The summed E-state index contributed by atoms with van der Waals surface area (Å²) in [6, 6.07) is 6.79. The quantitative estimate of drug-likeness (QED) is 0.456. The van der Waals surface area contributed by atoms with Crippen LogP contribution in [0.3, 0.4) is 0 Å². The van der Waals surface area contributed by atoms with Crippen LogP contribution in [0.1, 0.15) is 5.76 Å². The molecule has 0 aliphatic rings. The fourth-order valence-corrected chi connectivity index (χ4v) is 2.84. The maximum Gasteiger partial charge on any atom is 0.453 e. The van der Waals surface area contributed by atoms with Crippen LogP contribution in [0, 0.1) is 0 Å². The van der Waals surface area contributed by atoms with E-state index in [-0.39, 0.29) is 10.2 Å². The molecular formula is C16H7Br2F3O5. The van der Waals surface area contributed by atoms with Crippen LogP contribution in [0.15, 0.2) is 48.5 Å². The fourth-order valence-electron chi connectivity index (χ4n) is 2.15. The van der Waals surface area contributed by atoms with Crippen LogP contribution >= 0.6 is 31.9 Å². The molecule has 0 saturated carbocycles. The predicted octanol–water partition coefficient (Wildman–Crippen LogP) is 5.54. The van der Waals surface area contributed by atoms with Gasteiger partial charge in [0, 0.05) is 4.47 Å². The number of ether oxygens (including phenoxy) is 1. The van der Waals surface area contributed by atoms with Gasteiger partial charge in [0.05, 0.1) is 9.86 Å². The second-order valence-corrected chi connectivity index (χ2v) is 6.85. The molecule has 10 heteroatoms. The normalized spacial score (nSPS) is 11.7. The lowest BCUT2D eigenvalue weighted by atomic mass is 10.1. The lowest BCUT2D eigenvalue weighted by Gasteiger charge is -2.14. The van der Waals surface area contributed by atoms with Crippen molar-refractivity contribution in [1.29, 1.82) is 0 Å². The van der Waals surface area contributed by atoms with Crippen molar-refractivity contribution in [3.63, 3.8) is 0 Å². The average molecular weight is 496 g/mol. The van der Waals surface area contributed by atoms with Crippen LogP contribution in [-0.4, -0.2) is 10.2 Å². The summed E-state index contributed by atoms with van der Waals surface area (Å²) in [5.41, 5.74) is -1.95. The highest BCUT2D eigenvalue weighted by atomic mass is 79.9. The zero-order valence-electron chi connectivity index (χ0n) is 12.4. The van der Waals surface area contributed by atoms with Gasteiger partial charge in [-0.2, -0.15) is 13.2 Å². The van der Waals surface area contributed by atoms with Crippen LogP contribution in [-0.2, 0) is 6.18 Å². The summed E-state index contributed by atoms with van der Waals surface area (Å²) < 4.78 is 50.5. The van der Waals surface area contributed by atoms with Crippen molar-refractivity contribution in [3.05, 3.63) is 55.3 Å². The third kappa shape index (κ3) is 3.26. The topological polar surface area (TPSA) is 79.9 Å². The van der Waals surface area contributed by atoms with Crippen LogP contribution < -0.4 is 10.2 Å². The van der Waals surface area contributed by atoms with Gasteiger partial charge in [-0.25, -0.2) is 0 Å². The summed E-state index contributed by atoms with van der Waals surface area (Å²) in [6.45, 7) is 0. The molecule has 0 spiro atoms. The Morgan fingerprint density at radius 3 is 2.23 bits per heavy atom. The molecule has 0 aliphatic heterocycles. The van der Waals surface area contributed by atoms with Crippen molar-refractivity contribution in [3.8, 4) is 23.0 Å². The van der Waals surface area contributed by atoms with E-state index in [0.29, 0.717) is 4.47 Å². The molecule has 0 saturated heterocycles. The van der Waals surface area contributed by atoms with Crippen LogP contribution in [0.4, 0.5) is 13.2 Å². The molecule has 3 rings (SSSR count). The Hall–Kier alpha value is -2.20. The number of phenolic OH excluding ortho intramolecular Hbond substituents is 2. The Balaban J connectivity index is 2.32. The Morgan fingerprint density at radius 2 is 1.65 bits per heavy atom. The number of benzene rings is 2. The van der Waals surface area contributed by atoms with Gasteiger partial charge in [0.2, 0.25) is 16.9 Å². The maximum atomic E-state index is 13.4. The van der Waals surface area contributed by atoms with Gasteiger partial charge in [-0.15, -0.1) is 0 Å². The number of alkyl halides is 3. The minimum absolute atomic E-state index is 0.0209. The summed E-state index contributed by atoms with van der Waals surface area (Å²) in [6.07, 6.45) is -5.08. The highest BCUT2D eigenvalue weighted by molar-refractivity contribution is 9.10. The highest BCUT2D eigenvalue weighted by Gasteiger charge is 2.41. The number of fused-ring (bicyclic) bond motifs is 1. The molecule has 1 aromatic heterocycles. The second kappa shape index (κ2) is 6.51. The molecule has 0 bridgehead atoms. The minimum Gasteiger partial charge on any atom is -0.503 e. The van der Waals surface area contributed by atoms with Gasteiger partial charge >= 0.3 is 6.18 Å². The molecule has 2 N–H and O–H groups in total. The Morgan fingerprint density at radius 1 is 1.04 bits per heavy atom. The molecule has 0 radical (unpaired) electrons. The Kier molecular flexibility index (Phi) is 4.65. The van der Waals surface area contributed by atoms with Gasteiger partial charge in [-0.05, 0) is 46.3 Å². The van der Waals surface area contributed by atoms with Gasteiger partial charge in [0.1, 0.15) is 5.75 Å². The predicted molar refractivity (Wildman–Crippen MR) is 92.7 cm³/mol. The zero-order valence-corrected chi connectivity index (χ0v) is 15.6. The SMILES string of the molecule is O=c1c(Oc2ccc(Br)cc2)c(C(F)(F)F)oc2c(O)c(O)c(Br)cc12. The first-order valence-electron chi connectivity index (χ1n) is 6.81. The number of rotatable bonds is 2. The summed E-state index contributed by atoms with van der Waals surface area (Å²) in [4.78, 5) is 12.6. The first-order chi connectivity index (χ1) is 12.1. The van der Waals surface area contributed by atoms with E-state index in [2.05, 4.69) is 31.9 Å². The van der Waals surface area contributed by atoms with Crippen molar-refractivity contribution < 1.29 is 32.5 Å². The van der Waals surface area contributed by atoms with E-state index in [1.54, 1.807) is 0 Å². The fraction of sp³-hybridized carbons (Fsp3) is 0.0625. The van der Waals surface area contributed by atoms with Crippen molar-refractivity contribution in [2.75, 3.05) is 0 Å². The lowest BCUT2D eigenvalue weighted by molar-refractivity contribution is -0.154. The molecular weight excluding hydrogens is 489 g/mol. The first-order valence-corrected chi connectivity index (χ1v) is 8.40. The molecule has 5 nitrogen and oxygen atoms in total. The largest absolute Gasteiger partial charge is 0.503 e. The van der Waals surface area contributed by atoms with Gasteiger partial charge in [-0.3, -0.25) is 4.79 Å². The Labute approximate surface area is 159 Å². The molecule has 3 aromatic rings. The maximum absolute atomic E-state index is 13.4. The zero-order chi connectivity index (χ0) is 19.2. The van der Waals surface area contributed by atoms with Crippen molar-refractivity contribution in [2.24, 2.45) is 0 Å². The van der Waals surface area contributed by atoms with E-state index < -0.39 is 45.6 Å². The van der Waals surface area contributed by atoms with Gasteiger partial charge in [-0.1, -0.05) is 15.9 Å². The van der Waals surface area contributed by atoms with Crippen LogP contribution in [0.25, 0.3) is 11.0 Å². The summed E-state index contributed by atoms with van der Waals surface area (Å²) in [5.74, 6) is -4.57. The molecule has 0 amide bonds. The van der Waals surface area contributed by atoms with E-state index in [1.807, 2.05) is 0 Å². The summed E-state index contributed by atoms with van der Waals surface area (Å²) >= 11 is 6.07. The van der Waals surface area contributed by atoms with Gasteiger partial charge in [0.15, 0.2) is 11.3 Å². The molecule has 136 valence electrons. The third-order valence-corrected chi connectivity index (χ3v) is 4.47. The number of halogens is 5. The van der Waals surface area contributed by atoms with E-state index >= 15 is 0 Å². The molecule has 0 aliphatic carbocycles. The number of phenols is 2. The van der Waals surface area contributed by atoms with Crippen LogP contribution in [0.5, 0.6) is 23.0 Å². The third-order valence-electron chi connectivity index (χ3n) is 3.33. The minimum atomic E-state index is -5.08. The molecule has 1 heterocycles. The van der Waals surface area contributed by atoms with Crippen LogP contribution in [0.2, 0.25) is 0 Å². The number of hydrogen-bond acceptors (Lipinski definition) is 5. The smallest absolute Gasteiger partial charge is 0.453 e. The lowest BCUT2D eigenvalue weighted by Crippen LogP contribution is -2.15. The Bertz CT molecular complexity index is 1060. The van der Waals surface area contributed by atoms with Gasteiger partial charge < -0.3 is 19.4 Å². The molecule has 2 aromatic carbocycles. The standard InChI is InChI=1S/C16H7Br2F3O5/c17-6-1-3-7(4-2-6)25-14-10(22)8-5-9(18)11(23)12(24)13(8)26-15(14)16(19,20)21/h1-5,23-24H. The summed E-state index contributed by atoms with van der Waals surface area (Å²) in [7, 11) is 0. The van der Waals surface area contributed by atoms with Crippen molar-refractivity contribution in [2.45, 2.75) is 6.18 Å². The molecule has 0 unspecified atom stereocenters.